The summed E-state index contributed by atoms with van der Waals surface area (Å²) in [5.41, 5.74) is 1.60. The molecule has 0 saturated carbocycles. The van der Waals surface area contributed by atoms with Crippen LogP contribution in [-0.4, -0.2) is 33.4 Å². The minimum atomic E-state index is -0.950. The fraction of sp³-hybridized carbons (Fsp3) is 0.235. The van der Waals surface area contributed by atoms with Crippen LogP contribution in [0.25, 0.3) is 0 Å². The van der Waals surface area contributed by atoms with Gasteiger partial charge < -0.3 is 5.32 Å². The van der Waals surface area contributed by atoms with E-state index in [-0.39, 0.29) is 16.9 Å². The van der Waals surface area contributed by atoms with E-state index in [1.165, 1.54) is 22.7 Å². The van der Waals surface area contributed by atoms with Gasteiger partial charge in [0.25, 0.3) is 11.7 Å². The van der Waals surface area contributed by atoms with Crippen LogP contribution in [0.3, 0.4) is 0 Å². The molecule has 0 spiro atoms. The molecule has 0 saturated heterocycles. The van der Waals surface area contributed by atoms with Gasteiger partial charge in [0.1, 0.15) is 23.5 Å². The van der Waals surface area contributed by atoms with Gasteiger partial charge in [-0.1, -0.05) is 15.9 Å². The third-order valence-electron chi connectivity index (χ3n) is 4.23. The summed E-state index contributed by atoms with van der Waals surface area (Å²) in [4.78, 5) is 38.7. The molecule has 1 aliphatic heterocycles. The Morgan fingerprint density at radius 1 is 1.38 bits per heavy atom. The number of ketones is 1. The first kappa shape index (κ1) is 17.8. The Labute approximate surface area is 157 Å². The van der Waals surface area contributed by atoms with Gasteiger partial charge in [-0.3, -0.25) is 24.0 Å². The SMILES string of the molecule is Cc1cc(Br)cc2c1N(C(C)C(=O)Nc1c(C#N)cnn1C)C(=O)C2=O. The van der Waals surface area contributed by atoms with Crippen LogP contribution in [0.15, 0.2) is 22.8 Å². The molecule has 1 aliphatic rings. The molecule has 0 radical (unpaired) electrons. The molecule has 1 aromatic carbocycles. The van der Waals surface area contributed by atoms with E-state index < -0.39 is 23.6 Å². The lowest BCUT2D eigenvalue weighted by atomic mass is 10.1. The monoisotopic (exact) mass is 415 g/mol. The van der Waals surface area contributed by atoms with Crippen LogP contribution >= 0.6 is 15.9 Å². The Morgan fingerprint density at radius 2 is 2.08 bits per heavy atom. The van der Waals surface area contributed by atoms with Crippen molar-refractivity contribution in [2.24, 2.45) is 7.05 Å². The highest BCUT2D eigenvalue weighted by Gasteiger charge is 2.42. The van der Waals surface area contributed by atoms with Crippen LogP contribution in [0.5, 0.6) is 0 Å². The summed E-state index contributed by atoms with van der Waals surface area (Å²) in [6.07, 6.45) is 1.34. The highest BCUT2D eigenvalue weighted by Crippen LogP contribution is 2.36. The fourth-order valence-corrected chi connectivity index (χ4v) is 3.50. The number of halogens is 1. The summed E-state index contributed by atoms with van der Waals surface area (Å²) >= 11 is 3.31. The molecule has 1 atom stereocenters. The van der Waals surface area contributed by atoms with Crippen LogP contribution in [0.4, 0.5) is 11.5 Å². The first-order chi connectivity index (χ1) is 12.3. The van der Waals surface area contributed by atoms with Gasteiger partial charge in [-0.25, -0.2) is 0 Å². The van der Waals surface area contributed by atoms with Crippen molar-refractivity contribution in [3.05, 3.63) is 39.5 Å². The zero-order valence-corrected chi connectivity index (χ0v) is 15.8. The van der Waals surface area contributed by atoms with Crippen molar-refractivity contribution in [2.45, 2.75) is 19.9 Å². The topological polar surface area (TPSA) is 108 Å². The molecule has 1 aromatic heterocycles. The van der Waals surface area contributed by atoms with E-state index in [1.807, 2.05) is 6.07 Å². The molecule has 26 heavy (non-hydrogen) atoms. The summed E-state index contributed by atoms with van der Waals surface area (Å²) in [5, 5.41) is 15.6. The largest absolute Gasteiger partial charge is 0.308 e. The quantitative estimate of drug-likeness (QED) is 0.770. The maximum atomic E-state index is 12.7. The van der Waals surface area contributed by atoms with Crippen LogP contribution in [-0.2, 0) is 16.6 Å². The van der Waals surface area contributed by atoms with E-state index >= 15 is 0 Å². The molecule has 0 fully saturated rings. The summed E-state index contributed by atoms with van der Waals surface area (Å²) in [6, 6.07) is 4.34. The van der Waals surface area contributed by atoms with Crippen molar-refractivity contribution in [3.8, 4) is 6.07 Å². The number of aryl methyl sites for hydroxylation is 2. The lowest BCUT2D eigenvalue weighted by Crippen LogP contribution is -2.45. The Morgan fingerprint density at radius 3 is 2.73 bits per heavy atom. The van der Waals surface area contributed by atoms with E-state index in [1.54, 1.807) is 26.1 Å². The molecule has 0 aliphatic carbocycles. The number of amides is 2. The first-order valence-electron chi connectivity index (χ1n) is 7.67. The minimum Gasteiger partial charge on any atom is -0.308 e. The smallest absolute Gasteiger partial charge is 0.300 e. The molecule has 9 heteroatoms. The highest BCUT2D eigenvalue weighted by molar-refractivity contribution is 9.10. The molecular formula is C17H14BrN5O3. The predicted molar refractivity (Wildman–Crippen MR) is 96.7 cm³/mol. The van der Waals surface area contributed by atoms with E-state index in [4.69, 9.17) is 5.26 Å². The van der Waals surface area contributed by atoms with Crippen LogP contribution < -0.4 is 10.2 Å². The highest BCUT2D eigenvalue weighted by atomic mass is 79.9. The number of carbonyl (C=O) groups is 3. The van der Waals surface area contributed by atoms with Gasteiger partial charge in [0, 0.05) is 11.5 Å². The number of rotatable bonds is 3. The molecular weight excluding hydrogens is 402 g/mol. The second-order valence-corrected chi connectivity index (χ2v) is 6.85. The number of Topliss-reactive ketones (excluding diaryl/α,β-unsaturated/α-hetero) is 1. The number of benzene rings is 1. The maximum absolute atomic E-state index is 12.7. The lowest BCUT2D eigenvalue weighted by Gasteiger charge is -2.25. The average Bonchev–Trinajstić information content (AvgIpc) is 3.06. The zero-order chi connectivity index (χ0) is 19.2. The van der Waals surface area contributed by atoms with Crippen LogP contribution in [0, 0.1) is 18.3 Å². The van der Waals surface area contributed by atoms with Gasteiger partial charge in [-0.15, -0.1) is 0 Å². The third kappa shape index (κ3) is 2.68. The Kier molecular flexibility index (Phi) is 4.38. The Bertz CT molecular complexity index is 1000. The predicted octanol–water partition coefficient (Wildman–Crippen LogP) is 1.92. The molecule has 3 rings (SSSR count). The molecule has 1 unspecified atom stereocenters. The number of aromatic nitrogens is 2. The van der Waals surface area contributed by atoms with Crippen molar-refractivity contribution in [2.75, 3.05) is 10.2 Å². The van der Waals surface area contributed by atoms with Crippen molar-refractivity contribution in [1.82, 2.24) is 9.78 Å². The molecule has 132 valence electrons. The molecule has 1 N–H and O–H groups in total. The van der Waals surface area contributed by atoms with Gasteiger partial charge in [0.15, 0.2) is 0 Å². The van der Waals surface area contributed by atoms with Crippen LogP contribution in [0.1, 0.15) is 28.4 Å². The van der Waals surface area contributed by atoms with Crippen molar-refractivity contribution in [1.29, 1.82) is 5.26 Å². The first-order valence-corrected chi connectivity index (χ1v) is 8.46. The molecule has 0 bridgehead atoms. The zero-order valence-electron chi connectivity index (χ0n) is 14.2. The second-order valence-electron chi connectivity index (χ2n) is 5.93. The maximum Gasteiger partial charge on any atom is 0.300 e. The summed E-state index contributed by atoms with van der Waals surface area (Å²) in [6.45, 7) is 3.29. The number of fused-ring (bicyclic) bond motifs is 1. The van der Waals surface area contributed by atoms with Crippen molar-refractivity contribution >= 4 is 45.0 Å². The van der Waals surface area contributed by atoms with Crippen molar-refractivity contribution in [3.63, 3.8) is 0 Å². The summed E-state index contributed by atoms with van der Waals surface area (Å²) in [7, 11) is 1.59. The normalized spacial score (nSPS) is 14.2. The fourth-order valence-electron chi connectivity index (χ4n) is 2.93. The molecule has 2 aromatic rings. The van der Waals surface area contributed by atoms with Crippen molar-refractivity contribution < 1.29 is 14.4 Å². The van der Waals surface area contributed by atoms with E-state index in [0.29, 0.717) is 15.7 Å². The third-order valence-corrected chi connectivity index (χ3v) is 4.69. The molecule has 2 amide bonds. The lowest BCUT2D eigenvalue weighted by molar-refractivity contribution is -0.121. The van der Waals surface area contributed by atoms with Gasteiger partial charge in [0.05, 0.1) is 17.4 Å². The molecule has 8 nitrogen and oxygen atoms in total. The number of hydrogen-bond acceptors (Lipinski definition) is 5. The van der Waals surface area contributed by atoms with E-state index in [9.17, 15) is 14.4 Å². The number of carbonyl (C=O) groups excluding carboxylic acids is 3. The molecule has 2 heterocycles. The standard InChI is InChI=1S/C17H14BrN5O3/c1-8-4-11(18)5-12-13(8)23(17(26)14(12)24)9(2)16(25)21-15-10(6-19)7-20-22(15)3/h4-5,7,9H,1-3H3,(H,21,25). The minimum absolute atomic E-state index is 0.206. The van der Waals surface area contributed by atoms with Gasteiger partial charge in [-0.05, 0) is 31.5 Å². The number of nitrogens with zero attached hydrogens (tertiary/aromatic N) is 4. The summed E-state index contributed by atoms with van der Waals surface area (Å²) in [5.74, 6) is -1.70. The number of hydrogen-bond donors (Lipinski definition) is 1. The van der Waals surface area contributed by atoms with Gasteiger partial charge >= 0.3 is 0 Å². The number of nitriles is 1. The second kappa shape index (κ2) is 6.38. The van der Waals surface area contributed by atoms with Crippen LogP contribution in [0.2, 0.25) is 0 Å². The average molecular weight is 416 g/mol. The van der Waals surface area contributed by atoms with Gasteiger partial charge in [-0.2, -0.15) is 10.4 Å². The van der Waals surface area contributed by atoms with Gasteiger partial charge in [0.2, 0.25) is 5.91 Å². The number of nitrogens with one attached hydrogen (secondary N) is 1. The summed E-state index contributed by atoms with van der Waals surface area (Å²) < 4.78 is 2.04. The Balaban J connectivity index is 1.96. The number of anilines is 2. The Hall–Kier alpha value is -2.99. The van der Waals surface area contributed by atoms with E-state index in [2.05, 4.69) is 26.3 Å². The van der Waals surface area contributed by atoms with E-state index in [0.717, 1.165) is 0 Å².